The van der Waals surface area contributed by atoms with Gasteiger partial charge in [-0.3, -0.25) is 9.59 Å². The third-order valence-electron chi connectivity index (χ3n) is 4.15. The molecule has 0 spiro atoms. The number of carbonyl (C=O) groups is 2. The van der Waals surface area contributed by atoms with Gasteiger partial charge < -0.3 is 10.4 Å². The lowest BCUT2D eigenvalue weighted by atomic mass is 9.91. The van der Waals surface area contributed by atoms with Crippen LogP contribution in [0.3, 0.4) is 0 Å². The van der Waals surface area contributed by atoms with Crippen molar-refractivity contribution in [3.63, 3.8) is 0 Å². The maximum Gasteiger partial charge on any atom is 0.303 e. The highest BCUT2D eigenvalue weighted by atomic mass is 16.4. The number of amides is 1. The lowest BCUT2D eigenvalue weighted by molar-refractivity contribution is -0.137. The van der Waals surface area contributed by atoms with E-state index in [4.69, 9.17) is 5.11 Å². The summed E-state index contributed by atoms with van der Waals surface area (Å²) < 4.78 is 0. The van der Waals surface area contributed by atoms with Crippen molar-refractivity contribution in [3.8, 4) is 0 Å². The van der Waals surface area contributed by atoms with Gasteiger partial charge in [-0.1, -0.05) is 58.3 Å². The highest BCUT2D eigenvalue weighted by molar-refractivity contribution is 5.72. The van der Waals surface area contributed by atoms with E-state index in [1.54, 1.807) is 0 Å². The fourth-order valence-electron chi connectivity index (χ4n) is 2.81. The summed E-state index contributed by atoms with van der Waals surface area (Å²) in [5.41, 5.74) is 0. The monoisotopic (exact) mass is 313 g/mol. The first kappa shape index (κ1) is 20.9. The molecule has 0 saturated heterocycles. The van der Waals surface area contributed by atoms with E-state index >= 15 is 0 Å². The van der Waals surface area contributed by atoms with Crippen molar-refractivity contribution in [2.45, 2.75) is 90.9 Å². The van der Waals surface area contributed by atoms with E-state index in [1.807, 2.05) is 0 Å². The van der Waals surface area contributed by atoms with Crippen LogP contribution in [0, 0.1) is 5.92 Å². The molecule has 0 aromatic carbocycles. The number of nitrogens with one attached hydrogen (secondary N) is 1. The van der Waals surface area contributed by atoms with Crippen molar-refractivity contribution in [1.29, 1.82) is 0 Å². The Balaban J connectivity index is 3.77. The lowest BCUT2D eigenvalue weighted by Gasteiger charge is -2.16. The molecule has 0 aliphatic heterocycles. The van der Waals surface area contributed by atoms with E-state index in [9.17, 15) is 9.59 Å². The minimum absolute atomic E-state index is 0.00849. The molecule has 0 saturated carbocycles. The van der Waals surface area contributed by atoms with Crippen LogP contribution in [0.2, 0.25) is 0 Å². The van der Waals surface area contributed by atoms with Crippen molar-refractivity contribution in [2.75, 3.05) is 6.54 Å². The van der Waals surface area contributed by atoms with Gasteiger partial charge in [0.15, 0.2) is 0 Å². The molecule has 0 aromatic heterocycles. The molecule has 22 heavy (non-hydrogen) atoms. The van der Waals surface area contributed by atoms with Crippen LogP contribution in [-0.4, -0.2) is 23.5 Å². The first-order valence-corrected chi connectivity index (χ1v) is 9.02. The number of carboxylic acid groups (broad SMARTS) is 1. The molecule has 2 N–H and O–H groups in total. The summed E-state index contributed by atoms with van der Waals surface area (Å²) in [7, 11) is 0. The smallest absolute Gasteiger partial charge is 0.303 e. The second kappa shape index (κ2) is 14.9. The molecule has 1 unspecified atom stereocenters. The van der Waals surface area contributed by atoms with Crippen molar-refractivity contribution in [3.05, 3.63) is 0 Å². The van der Waals surface area contributed by atoms with Gasteiger partial charge in [-0.15, -0.1) is 0 Å². The van der Waals surface area contributed by atoms with Gasteiger partial charge in [0, 0.05) is 19.9 Å². The second-order valence-corrected chi connectivity index (χ2v) is 6.33. The van der Waals surface area contributed by atoms with Crippen molar-refractivity contribution in [2.24, 2.45) is 5.92 Å². The number of hydrogen-bond acceptors (Lipinski definition) is 2. The second-order valence-electron chi connectivity index (χ2n) is 6.33. The van der Waals surface area contributed by atoms with Crippen molar-refractivity contribution in [1.82, 2.24) is 5.32 Å². The van der Waals surface area contributed by atoms with Gasteiger partial charge in [-0.2, -0.15) is 0 Å². The average molecular weight is 313 g/mol. The normalized spacial score (nSPS) is 12.1. The summed E-state index contributed by atoms with van der Waals surface area (Å²) in [5, 5.41) is 11.6. The molecule has 0 fully saturated rings. The number of hydrogen-bond donors (Lipinski definition) is 2. The summed E-state index contributed by atoms with van der Waals surface area (Å²) in [6, 6.07) is 0. The quantitative estimate of drug-likeness (QED) is 0.437. The van der Waals surface area contributed by atoms with Gasteiger partial charge >= 0.3 is 5.97 Å². The van der Waals surface area contributed by atoms with Crippen molar-refractivity contribution < 1.29 is 14.7 Å². The van der Waals surface area contributed by atoms with E-state index in [0.29, 0.717) is 12.5 Å². The molecule has 0 radical (unpaired) electrons. The zero-order valence-corrected chi connectivity index (χ0v) is 14.5. The lowest BCUT2D eigenvalue weighted by Crippen LogP contribution is -2.21. The summed E-state index contributed by atoms with van der Waals surface area (Å²) >= 11 is 0. The third-order valence-corrected chi connectivity index (χ3v) is 4.15. The van der Waals surface area contributed by atoms with Crippen LogP contribution in [0.4, 0.5) is 0 Å². The highest BCUT2D eigenvalue weighted by Crippen LogP contribution is 2.21. The third kappa shape index (κ3) is 15.3. The van der Waals surface area contributed by atoms with E-state index in [-0.39, 0.29) is 12.3 Å². The molecule has 130 valence electrons. The first-order chi connectivity index (χ1) is 10.6. The van der Waals surface area contributed by atoms with E-state index in [0.717, 1.165) is 25.7 Å². The SMILES string of the molecule is CCCCCCCCCC(CCCNC(C)=O)CCC(=O)O. The molecule has 0 bridgehead atoms. The van der Waals surface area contributed by atoms with Gasteiger partial charge in [0.2, 0.25) is 5.91 Å². The number of unbranched alkanes of at least 4 members (excludes halogenated alkanes) is 6. The molecule has 0 heterocycles. The standard InChI is InChI=1S/C18H35NO3/c1-3-4-5-6-7-8-9-11-17(13-14-18(21)22)12-10-15-19-16(2)20/h17H,3-15H2,1-2H3,(H,19,20)(H,21,22). The van der Waals surface area contributed by atoms with Crippen LogP contribution in [0.5, 0.6) is 0 Å². The Kier molecular flexibility index (Phi) is 14.1. The van der Waals surface area contributed by atoms with E-state index in [2.05, 4.69) is 12.2 Å². The first-order valence-electron chi connectivity index (χ1n) is 9.02. The van der Waals surface area contributed by atoms with Gasteiger partial charge in [0.05, 0.1) is 0 Å². The van der Waals surface area contributed by atoms with Crippen LogP contribution >= 0.6 is 0 Å². The molecule has 1 atom stereocenters. The van der Waals surface area contributed by atoms with Gasteiger partial charge in [-0.25, -0.2) is 0 Å². The maximum atomic E-state index is 10.8. The Labute approximate surface area is 136 Å². The minimum Gasteiger partial charge on any atom is -0.481 e. The van der Waals surface area contributed by atoms with E-state index in [1.165, 1.54) is 51.9 Å². The van der Waals surface area contributed by atoms with Gasteiger partial charge in [0.1, 0.15) is 0 Å². The predicted octanol–water partition coefficient (Wildman–Crippen LogP) is 4.52. The number of aliphatic carboxylic acids is 1. The molecular weight excluding hydrogens is 278 g/mol. The molecule has 0 aliphatic rings. The van der Waals surface area contributed by atoms with Crippen LogP contribution < -0.4 is 5.32 Å². The number of rotatable bonds is 15. The predicted molar refractivity (Wildman–Crippen MR) is 90.9 cm³/mol. The Morgan fingerprint density at radius 1 is 0.909 bits per heavy atom. The molecule has 1 amide bonds. The average Bonchev–Trinajstić information content (AvgIpc) is 2.46. The Morgan fingerprint density at radius 3 is 2.09 bits per heavy atom. The van der Waals surface area contributed by atoms with Gasteiger partial charge in [-0.05, 0) is 25.2 Å². The molecular formula is C18H35NO3. The van der Waals surface area contributed by atoms with Crippen LogP contribution in [0.25, 0.3) is 0 Å². The summed E-state index contributed by atoms with van der Waals surface area (Å²) in [6.07, 6.45) is 13.2. The fraction of sp³-hybridized carbons (Fsp3) is 0.889. The molecule has 4 nitrogen and oxygen atoms in total. The molecule has 0 rings (SSSR count). The van der Waals surface area contributed by atoms with Crippen LogP contribution in [-0.2, 0) is 9.59 Å². The molecule has 0 aromatic rings. The molecule has 0 aliphatic carbocycles. The van der Waals surface area contributed by atoms with Crippen molar-refractivity contribution >= 4 is 11.9 Å². The van der Waals surface area contributed by atoms with E-state index < -0.39 is 5.97 Å². The van der Waals surface area contributed by atoms with Crippen LogP contribution in [0.1, 0.15) is 90.9 Å². The number of carboxylic acids is 1. The molecule has 4 heteroatoms. The highest BCUT2D eigenvalue weighted by Gasteiger charge is 2.11. The zero-order valence-electron chi connectivity index (χ0n) is 14.5. The largest absolute Gasteiger partial charge is 0.481 e. The maximum absolute atomic E-state index is 10.8. The topological polar surface area (TPSA) is 66.4 Å². The van der Waals surface area contributed by atoms with Gasteiger partial charge in [0.25, 0.3) is 0 Å². The number of carbonyl (C=O) groups excluding carboxylic acids is 1. The van der Waals surface area contributed by atoms with Crippen LogP contribution in [0.15, 0.2) is 0 Å². The summed E-state index contributed by atoms with van der Waals surface area (Å²) in [6.45, 7) is 4.46. The fourth-order valence-corrected chi connectivity index (χ4v) is 2.81. The summed E-state index contributed by atoms with van der Waals surface area (Å²) in [4.78, 5) is 21.6. The zero-order chi connectivity index (χ0) is 16.6. The minimum atomic E-state index is -0.702. The Hall–Kier alpha value is -1.06. The Morgan fingerprint density at radius 2 is 1.50 bits per heavy atom. The Bertz CT molecular complexity index is 292. The summed E-state index contributed by atoms with van der Waals surface area (Å²) in [5.74, 6) is -0.207.